The molecule has 1 aliphatic rings. The summed E-state index contributed by atoms with van der Waals surface area (Å²) in [6.07, 6.45) is 3.94. The Balaban J connectivity index is 2.35. The van der Waals surface area contributed by atoms with Crippen LogP contribution in [0, 0.1) is 0 Å². The van der Waals surface area contributed by atoms with Gasteiger partial charge in [-0.15, -0.1) is 0 Å². The highest BCUT2D eigenvalue weighted by Gasteiger charge is 2.21. The number of ether oxygens (including phenoxy) is 2. The van der Waals surface area contributed by atoms with Gasteiger partial charge < -0.3 is 9.47 Å². The van der Waals surface area contributed by atoms with Gasteiger partial charge in [0.25, 0.3) is 6.47 Å². The SMILES string of the molecule is CC1(C)C=Cc2cc(OC=O)ccc2O1. The summed E-state index contributed by atoms with van der Waals surface area (Å²) in [5.41, 5.74) is 0.647. The maximum Gasteiger partial charge on any atom is 0.298 e. The van der Waals surface area contributed by atoms with E-state index in [4.69, 9.17) is 9.47 Å². The van der Waals surface area contributed by atoms with Crippen molar-refractivity contribution < 1.29 is 14.3 Å². The first-order chi connectivity index (χ1) is 7.11. The molecule has 2 rings (SSSR count). The fourth-order valence-corrected chi connectivity index (χ4v) is 1.49. The van der Waals surface area contributed by atoms with E-state index in [0.29, 0.717) is 12.2 Å². The van der Waals surface area contributed by atoms with Crippen molar-refractivity contribution >= 4 is 12.5 Å². The molecule has 0 saturated carbocycles. The molecule has 3 nitrogen and oxygen atoms in total. The molecule has 0 spiro atoms. The van der Waals surface area contributed by atoms with E-state index in [0.717, 1.165) is 11.3 Å². The molecule has 0 radical (unpaired) electrons. The van der Waals surface area contributed by atoms with Gasteiger partial charge in [-0.1, -0.05) is 6.08 Å². The molecular weight excluding hydrogens is 192 g/mol. The van der Waals surface area contributed by atoms with E-state index in [1.165, 1.54) is 0 Å². The molecule has 0 bridgehead atoms. The van der Waals surface area contributed by atoms with Gasteiger partial charge in [-0.2, -0.15) is 0 Å². The molecule has 0 N–H and O–H groups in total. The Morgan fingerprint density at radius 3 is 2.93 bits per heavy atom. The van der Waals surface area contributed by atoms with Crippen molar-refractivity contribution in [2.75, 3.05) is 0 Å². The standard InChI is InChI=1S/C12H12O3/c1-12(2)6-5-9-7-10(14-8-13)3-4-11(9)15-12/h3-8H,1-2H3. The van der Waals surface area contributed by atoms with Gasteiger partial charge in [0.15, 0.2) is 0 Å². The van der Waals surface area contributed by atoms with Crippen LogP contribution in [0.4, 0.5) is 0 Å². The van der Waals surface area contributed by atoms with Crippen LogP contribution in [-0.4, -0.2) is 12.1 Å². The molecule has 15 heavy (non-hydrogen) atoms. The number of hydrogen-bond donors (Lipinski definition) is 0. The van der Waals surface area contributed by atoms with Crippen LogP contribution in [0.1, 0.15) is 19.4 Å². The lowest BCUT2D eigenvalue weighted by Gasteiger charge is -2.27. The molecular formula is C12H12O3. The monoisotopic (exact) mass is 204 g/mol. The lowest BCUT2D eigenvalue weighted by atomic mass is 10.0. The maximum absolute atomic E-state index is 10.2. The van der Waals surface area contributed by atoms with Gasteiger partial charge in [-0.25, -0.2) is 0 Å². The fourth-order valence-electron chi connectivity index (χ4n) is 1.49. The molecule has 0 aromatic heterocycles. The first kappa shape index (κ1) is 9.77. The summed E-state index contributed by atoms with van der Waals surface area (Å²) in [6, 6.07) is 5.29. The Kier molecular flexibility index (Phi) is 2.23. The molecule has 3 heteroatoms. The molecule has 1 aromatic rings. The third-order valence-corrected chi connectivity index (χ3v) is 2.20. The summed E-state index contributed by atoms with van der Waals surface area (Å²) in [6.45, 7) is 4.39. The number of fused-ring (bicyclic) bond motifs is 1. The Morgan fingerprint density at radius 2 is 2.20 bits per heavy atom. The second-order valence-corrected chi connectivity index (χ2v) is 3.95. The first-order valence-electron chi connectivity index (χ1n) is 4.73. The van der Waals surface area contributed by atoms with E-state index in [-0.39, 0.29) is 5.60 Å². The van der Waals surface area contributed by atoms with Gasteiger partial charge in [0.1, 0.15) is 17.1 Å². The van der Waals surface area contributed by atoms with Crippen LogP contribution >= 0.6 is 0 Å². The Labute approximate surface area is 88.3 Å². The second-order valence-electron chi connectivity index (χ2n) is 3.95. The molecule has 0 fully saturated rings. The molecule has 0 amide bonds. The van der Waals surface area contributed by atoms with Crippen LogP contribution in [0.15, 0.2) is 24.3 Å². The van der Waals surface area contributed by atoms with Crippen molar-refractivity contribution in [1.82, 2.24) is 0 Å². The fraction of sp³-hybridized carbons (Fsp3) is 0.250. The van der Waals surface area contributed by atoms with Crippen LogP contribution in [-0.2, 0) is 4.79 Å². The Morgan fingerprint density at radius 1 is 1.40 bits per heavy atom. The highest BCUT2D eigenvalue weighted by atomic mass is 16.5. The predicted molar refractivity (Wildman–Crippen MR) is 56.9 cm³/mol. The zero-order valence-electron chi connectivity index (χ0n) is 8.69. The molecule has 1 heterocycles. The van der Waals surface area contributed by atoms with Gasteiger partial charge in [-0.05, 0) is 38.1 Å². The van der Waals surface area contributed by atoms with Crippen molar-refractivity contribution in [3.8, 4) is 11.5 Å². The maximum atomic E-state index is 10.2. The zero-order valence-corrected chi connectivity index (χ0v) is 8.69. The Hall–Kier alpha value is -1.77. The minimum atomic E-state index is -0.278. The van der Waals surface area contributed by atoms with Gasteiger partial charge in [0, 0.05) is 5.56 Å². The highest BCUT2D eigenvalue weighted by molar-refractivity contribution is 5.63. The molecule has 1 aromatic carbocycles. The largest absolute Gasteiger partial charge is 0.483 e. The number of carbonyl (C=O) groups excluding carboxylic acids is 1. The summed E-state index contributed by atoms with van der Waals surface area (Å²) in [5.74, 6) is 1.33. The van der Waals surface area contributed by atoms with Gasteiger partial charge in [0.2, 0.25) is 0 Å². The van der Waals surface area contributed by atoms with Crippen LogP contribution in [0.3, 0.4) is 0 Å². The van der Waals surface area contributed by atoms with Crippen LogP contribution in [0.2, 0.25) is 0 Å². The van der Waals surface area contributed by atoms with Gasteiger partial charge in [0.05, 0.1) is 0 Å². The summed E-state index contributed by atoms with van der Waals surface area (Å²) in [7, 11) is 0. The van der Waals surface area contributed by atoms with E-state index in [9.17, 15) is 4.79 Å². The molecule has 78 valence electrons. The highest BCUT2D eigenvalue weighted by Crippen LogP contribution is 2.32. The van der Waals surface area contributed by atoms with Crippen molar-refractivity contribution in [1.29, 1.82) is 0 Å². The summed E-state index contributed by atoms with van der Waals surface area (Å²) in [4.78, 5) is 10.2. The van der Waals surface area contributed by atoms with E-state index >= 15 is 0 Å². The number of benzene rings is 1. The van der Waals surface area contributed by atoms with E-state index in [1.54, 1.807) is 18.2 Å². The predicted octanol–water partition coefficient (Wildman–Crippen LogP) is 2.41. The van der Waals surface area contributed by atoms with Gasteiger partial charge >= 0.3 is 0 Å². The molecule has 0 atom stereocenters. The lowest BCUT2D eigenvalue weighted by Crippen LogP contribution is -2.27. The van der Waals surface area contributed by atoms with Crippen LogP contribution < -0.4 is 9.47 Å². The smallest absolute Gasteiger partial charge is 0.298 e. The van der Waals surface area contributed by atoms with Crippen LogP contribution in [0.5, 0.6) is 11.5 Å². The normalized spacial score (nSPS) is 16.4. The third-order valence-electron chi connectivity index (χ3n) is 2.20. The van der Waals surface area contributed by atoms with Crippen LogP contribution in [0.25, 0.3) is 6.08 Å². The number of carbonyl (C=O) groups is 1. The zero-order chi connectivity index (χ0) is 10.9. The Bertz CT molecular complexity index is 419. The van der Waals surface area contributed by atoms with Crippen molar-refractivity contribution in [2.24, 2.45) is 0 Å². The van der Waals surface area contributed by atoms with E-state index in [2.05, 4.69) is 0 Å². The van der Waals surface area contributed by atoms with Crippen molar-refractivity contribution in [3.05, 3.63) is 29.8 Å². The summed E-state index contributed by atoms with van der Waals surface area (Å²) in [5, 5.41) is 0. The second kappa shape index (κ2) is 3.42. The van der Waals surface area contributed by atoms with Gasteiger partial charge in [-0.3, -0.25) is 4.79 Å². The van der Waals surface area contributed by atoms with E-state index in [1.807, 2.05) is 26.0 Å². The van der Waals surface area contributed by atoms with E-state index < -0.39 is 0 Å². The molecule has 0 unspecified atom stereocenters. The lowest BCUT2D eigenvalue weighted by molar-refractivity contribution is -0.120. The molecule has 0 saturated heterocycles. The minimum Gasteiger partial charge on any atom is -0.483 e. The first-order valence-corrected chi connectivity index (χ1v) is 4.73. The average Bonchev–Trinajstić information content (AvgIpc) is 2.18. The molecule has 0 aliphatic carbocycles. The summed E-state index contributed by atoms with van der Waals surface area (Å²) >= 11 is 0. The number of hydrogen-bond acceptors (Lipinski definition) is 3. The molecule has 1 aliphatic heterocycles. The topological polar surface area (TPSA) is 35.5 Å². The summed E-state index contributed by atoms with van der Waals surface area (Å²) < 4.78 is 10.5. The number of rotatable bonds is 2. The third kappa shape index (κ3) is 2.01. The average molecular weight is 204 g/mol. The quantitative estimate of drug-likeness (QED) is 0.694. The van der Waals surface area contributed by atoms with Crippen molar-refractivity contribution in [2.45, 2.75) is 19.4 Å². The van der Waals surface area contributed by atoms with Crippen molar-refractivity contribution in [3.63, 3.8) is 0 Å². The minimum absolute atomic E-state index is 0.278.